The molecule has 5 rings (SSSR count). The predicted molar refractivity (Wildman–Crippen MR) is 123 cm³/mol. The molecule has 4 unspecified atom stereocenters. The lowest BCUT2D eigenvalue weighted by Gasteiger charge is -2.19. The van der Waals surface area contributed by atoms with E-state index >= 15 is 0 Å². The fourth-order valence-corrected chi connectivity index (χ4v) is 5.14. The highest BCUT2D eigenvalue weighted by atomic mass is 16.3. The molecular formula is C25H31N5O. The van der Waals surface area contributed by atoms with Crippen molar-refractivity contribution < 1.29 is 5.11 Å². The molecule has 1 aliphatic heterocycles. The average Bonchev–Trinajstić information content (AvgIpc) is 3.45. The Morgan fingerprint density at radius 2 is 2.03 bits per heavy atom. The number of aryl methyl sites for hydroxylation is 1. The van der Waals surface area contributed by atoms with Crippen molar-refractivity contribution in [3.05, 3.63) is 48.0 Å². The van der Waals surface area contributed by atoms with Crippen LogP contribution < -0.4 is 5.32 Å². The quantitative estimate of drug-likeness (QED) is 0.559. The number of anilines is 1. The van der Waals surface area contributed by atoms with Gasteiger partial charge in [0.05, 0.1) is 17.5 Å². The van der Waals surface area contributed by atoms with Crippen molar-refractivity contribution in [3.63, 3.8) is 0 Å². The third-order valence-electron chi connectivity index (χ3n) is 6.65. The Balaban J connectivity index is 1.54. The molecule has 0 aromatic carbocycles. The lowest BCUT2D eigenvalue weighted by Crippen LogP contribution is -2.18. The van der Waals surface area contributed by atoms with E-state index in [0.717, 1.165) is 41.3 Å². The first-order chi connectivity index (χ1) is 15.0. The SMILES string of the molecule is Cc1cccc(-c2nc3n(c2-c2ccnc(NC(C)CCC(C)O)c2)C2CCC3C2)n1. The van der Waals surface area contributed by atoms with E-state index in [2.05, 4.69) is 46.1 Å². The number of pyridine rings is 2. The van der Waals surface area contributed by atoms with Crippen LogP contribution in [0.5, 0.6) is 0 Å². The molecule has 4 atom stereocenters. The Morgan fingerprint density at radius 3 is 2.84 bits per heavy atom. The summed E-state index contributed by atoms with van der Waals surface area (Å²) in [4.78, 5) is 14.5. The van der Waals surface area contributed by atoms with E-state index in [0.29, 0.717) is 12.0 Å². The van der Waals surface area contributed by atoms with Gasteiger partial charge in [-0.05, 0) is 77.1 Å². The number of hydrogen-bond donors (Lipinski definition) is 2. The topological polar surface area (TPSA) is 75.9 Å². The zero-order valence-corrected chi connectivity index (χ0v) is 18.5. The van der Waals surface area contributed by atoms with E-state index in [9.17, 15) is 5.11 Å². The summed E-state index contributed by atoms with van der Waals surface area (Å²) in [5, 5.41) is 13.1. The van der Waals surface area contributed by atoms with Crippen LogP contribution in [0.15, 0.2) is 36.5 Å². The summed E-state index contributed by atoms with van der Waals surface area (Å²) in [6.45, 7) is 5.99. The van der Waals surface area contributed by atoms with E-state index in [1.54, 1.807) is 0 Å². The minimum Gasteiger partial charge on any atom is -0.393 e. The number of imidazole rings is 1. The maximum Gasteiger partial charge on any atom is 0.126 e. The van der Waals surface area contributed by atoms with Gasteiger partial charge in [0.1, 0.15) is 17.3 Å². The molecule has 0 saturated heterocycles. The third kappa shape index (κ3) is 3.85. The molecule has 31 heavy (non-hydrogen) atoms. The molecule has 1 saturated carbocycles. The van der Waals surface area contributed by atoms with E-state index in [-0.39, 0.29) is 12.1 Å². The molecule has 0 amide bonds. The number of rotatable bonds is 7. The van der Waals surface area contributed by atoms with Gasteiger partial charge in [0, 0.05) is 35.5 Å². The zero-order chi connectivity index (χ0) is 21.5. The van der Waals surface area contributed by atoms with Gasteiger partial charge in [0.15, 0.2) is 0 Å². The second-order valence-corrected chi connectivity index (χ2v) is 9.27. The van der Waals surface area contributed by atoms with Gasteiger partial charge in [-0.25, -0.2) is 9.97 Å². The van der Waals surface area contributed by atoms with E-state index < -0.39 is 0 Å². The molecule has 4 heterocycles. The third-order valence-corrected chi connectivity index (χ3v) is 6.65. The van der Waals surface area contributed by atoms with Crippen LogP contribution in [0.4, 0.5) is 5.82 Å². The summed E-state index contributed by atoms with van der Waals surface area (Å²) in [7, 11) is 0. The summed E-state index contributed by atoms with van der Waals surface area (Å²) in [5.41, 5.74) is 5.22. The molecule has 162 valence electrons. The summed E-state index contributed by atoms with van der Waals surface area (Å²) < 4.78 is 2.48. The molecule has 3 aromatic heterocycles. The number of aromatic nitrogens is 4. The lowest BCUT2D eigenvalue weighted by atomic mass is 10.1. The molecule has 0 radical (unpaired) electrons. The number of aliphatic hydroxyl groups is 1. The average molecular weight is 418 g/mol. The molecule has 6 nitrogen and oxygen atoms in total. The van der Waals surface area contributed by atoms with Crippen molar-refractivity contribution in [2.45, 2.75) is 77.0 Å². The Hall–Kier alpha value is -2.73. The Bertz CT molecular complexity index is 1090. The standard InChI is InChI=1S/C25H31N5O/c1-15-5-4-6-21(27-15)23-24(30-20-10-9-19(13-20)25(30)29-23)18-11-12-26-22(14-18)28-16(2)7-8-17(3)31/h4-6,11-12,14,16-17,19-20,31H,7-10,13H2,1-3H3,(H,26,28). The number of aliphatic hydroxyl groups excluding tert-OH is 1. The Morgan fingerprint density at radius 1 is 1.16 bits per heavy atom. The smallest absolute Gasteiger partial charge is 0.126 e. The minimum atomic E-state index is -0.280. The zero-order valence-electron chi connectivity index (χ0n) is 18.5. The van der Waals surface area contributed by atoms with Crippen LogP contribution in [-0.2, 0) is 0 Å². The van der Waals surface area contributed by atoms with Gasteiger partial charge >= 0.3 is 0 Å². The summed E-state index contributed by atoms with van der Waals surface area (Å²) in [5.74, 6) is 2.65. The molecule has 0 spiro atoms. The fraction of sp³-hybridized carbons (Fsp3) is 0.480. The van der Waals surface area contributed by atoms with Gasteiger partial charge in [0.25, 0.3) is 0 Å². The van der Waals surface area contributed by atoms with Crippen molar-refractivity contribution in [2.24, 2.45) is 0 Å². The Labute approximate surface area is 183 Å². The van der Waals surface area contributed by atoms with Crippen molar-refractivity contribution in [2.75, 3.05) is 5.32 Å². The van der Waals surface area contributed by atoms with Crippen molar-refractivity contribution in [1.29, 1.82) is 0 Å². The largest absolute Gasteiger partial charge is 0.393 e. The minimum absolute atomic E-state index is 0.238. The summed E-state index contributed by atoms with van der Waals surface area (Å²) in [6, 6.07) is 11.1. The highest BCUT2D eigenvalue weighted by Crippen LogP contribution is 2.52. The van der Waals surface area contributed by atoms with Gasteiger partial charge in [-0.3, -0.25) is 4.98 Å². The second kappa shape index (κ2) is 8.08. The fourth-order valence-electron chi connectivity index (χ4n) is 5.14. The van der Waals surface area contributed by atoms with Gasteiger partial charge in [-0.2, -0.15) is 0 Å². The molecular weight excluding hydrogens is 386 g/mol. The first-order valence-corrected chi connectivity index (χ1v) is 11.5. The molecule has 6 heteroatoms. The number of nitrogens with zero attached hydrogens (tertiary/aromatic N) is 4. The van der Waals surface area contributed by atoms with Gasteiger partial charge in [-0.1, -0.05) is 6.07 Å². The van der Waals surface area contributed by atoms with Crippen molar-refractivity contribution in [1.82, 2.24) is 19.5 Å². The maximum atomic E-state index is 9.58. The van der Waals surface area contributed by atoms with Crippen LogP contribution >= 0.6 is 0 Å². The molecule has 1 aliphatic carbocycles. The van der Waals surface area contributed by atoms with E-state index in [1.165, 1.54) is 30.8 Å². The molecule has 2 N–H and O–H groups in total. The van der Waals surface area contributed by atoms with Gasteiger partial charge in [0.2, 0.25) is 0 Å². The van der Waals surface area contributed by atoms with Crippen LogP contribution in [0, 0.1) is 6.92 Å². The molecule has 2 aliphatic rings. The highest BCUT2D eigenvalue weighted by Gasteiger charge is 2.41. The van der Waals surface area contributed by atoms with Crippen LogP contribution in [0.2, 0.25) is 0 Å². The monoisotopic (exact) mass is 417 g/mol. The molecule has 2 bridgehead atoms. The second-order valence-electron chi connectivity index (χ2n) is 9.27. The number of fused-ring (bicyclic) bond motifs is 5. The number of hydrogen-bond acceptors (Lipinski definition) is 5. The van der Waals surface area contributed by atoms with Crippen LogP contribution in [0.25, 0.3) is 22.6 Å². The maximum absolute atomic E-state index is 9.58. The van der Waals surface area contributed by atoms with E-state index in [4.69, 9.17) is 9.97 Å². The van der Waals surface area contributed by atoms with Crippen LogP contribution in [0.1, 0.15) is 69.4 Å². The van der Waals surface area contributed by atoms with Crippen molar-refractivity contribution >= 4 is 5.82 Å². The first-order valence-electron chi connectivity index (χ1n) is 11.5. The van der Waals surface area contributed by atoms with Gasteiger partial charge in [-0.15, -0.1) is 0 Å². The molecule has 3 aromatic rings. The van der Waals surface area contributed by atoms with Crippen LogP contribution in [-0.4, -0.2) is 36.8 Å². The summed E-state index contributed by atoms with van der Waals surface area (Å²) in [6.07, 6.45) is 6.95. The summed E-state index contributed by atoms with van der Waals surface area (Å²) >= 11 is 0. The van der Waals surface area contributed by atoms with Gasteiger partial charge < -0.3 is 15.0 Å². The Kier molecular flexibility index (Phi) is 5.26. The first kappa shape index (κ1) is 20.2. The van der Waals surface area contributed by atoms with Crippen molar-refractivity contribution in [3.8, 4) is 22.6 Å². The normalized spacial score (nSPS) is 21.2. The molecule has 1 fully saturated rings. The highest BCUT2D eigenvalue weighted by molar-refractivity contribution is 5.79. The van der Waals surface area contributed by atoms with E-state index in [1.807, 2.05) is 26.1 Å². The lowest BCUT2D eigenvalue weighted by molar-refractivity contribution is 0.180. The number of nitrogens with one attached hydrogen (secondary N) is 1. The van der Waals surface area contributed by atoms with Crippen LogP contribution in [0.3, 0.4) is 0 Å². The predicted octanol–water partition coefficient (Wildman–Crippen LogP) is 5.10.